The number of rotatable bonds is 12. The molecule has 4 N–H and O–H groups in total. The van der Waals surface area contributed by atoms with Gasteiger partial charge in [-0.05, 0) is 82.2 Å². The number of amides is 2. The first-order valence-corrected chi connectivity index (χ1v) is 17.9. The molecule has 282 valence electrons. The van der Waals surface area contributed by atoms with Crippen molar-refractivity contribution < 1.29 is 46.1 Å². The van der Waals surface area contributed by atoms with Crippen LogP contribution in [0.5, 0.6) is 23.0 Å². The van der Waals surface area contributed by atoms with Crippen molar-refractivity contribution in [3.05, 3.63) is 132 Å². The Morgan fingerprint density at radius 3 is 1.53 bits per heavy atom. The number of nitrogens with zero attached hydrogens (tertiary/aromatic N) is 3. The molecule has 0 radical (unpaired) electrons. The molecule has 0 aliphatic carbocycles. The van der Waals surface area contributed by atoms with Gasteiger partial charge in [-0.15, -0.1) is 22.7 Å². The summed E-state index contributed by atoms with van der Waals surface area (Å²) in [4.78, 5) is 34.7. The fourth-order valence-corrected chi connectivity index (χ4v) is 7.17. The van der Waals surface area contributed by atoms with Gasteiger partial charge in [-0.1, -0.05) is 12.1 Å². The Labute approximate surface area is 327 Å². The highest BCUT2D eigenvalue weighted by atomic mass is 79.9. The highest BCUT2D eigenvalue weighted by Crippen LogP contribution is 2.37. The molecule has 18 heteroatoms. The minimum atomic E-state index is -1.23. The molecule has 0 unspecified atom stereocenters. The fraction of sp³-hybridized carbons (Fsp3) is 0.108. The van der Waals surface area contributed by atoms with E-state index in [1.54, 1.807) is 38.5 Å². The minimum absolute atomic E-state index is 0.0554. The predicted molar refractivity (Wildman–Crippen MR) is 201 cm³/mol. The molecule has 0 aliphatic heterocycles. The van der Waals surface area contributed by atoms with Gasteiger partial charge in [0, 0.05) is 5.56 Å². The van der Waals surface area contributed by atoms with Gasteiger partial charge in [0.15, 0.2) is 23.1 Å². The molecular formula is C37H26BrF4N5O6S2. The van der Waals surface area contributed by atoms with E-state index in [4.69, 9.17) is 37.0 Å². The maximum Gasteiger partial charge on any atom is 0.268 e. The normalized spacial score (nSPS) is 10.5. The topological polar surface area (TPSA) is 153 Å². The summed E-state index contributed by atoms with van der Waals surface area (Å²) in [7, 11) is 3.14. The van der Waals surface area contributed by atoms with E-state index in [0.717, 1.165) is 56.3 Å². The summed E-state index contributed by atoms with van der Waals surface area (Å²) in [6, 6.07) is 18.4. The van der Waals surface area contributed by atoms with Gasteiger partial charge in [0.05, 0.1) is 36.0 Å². The average molecular weight is 857 g/mol. The molecule has 4 aromatic carbocycles. The highest BCUT2D eigenvalue weighted by molar-refractivity contribution is 9.11. The van der Waals surface area contributed by atoms with Gasteiger partial charge in [-0.25, -0.2) is 27.4 Å². The zero-order valence-electron chi connectivity index (χ0n) is 28.5. The second-order valence-corrected chi connectivity index (χ2v) is 14.3. The largest absolute Gasteiger partial charge is 0.497 e. The Hall–Kier alpha value is -6.03. The summed E-state index contributed by atoms with van der Waals surface area (Å²) in [5.41, 5.74) is 11.1. The van der Waals surface area contributed by atoms with E-state index in [1.807, 2.05) is 24.3 Å². The zero-order chi connectivity index (χ0) is 39.8. The van der Waals surface area contributed by atoms with Crippen molar-refractivity contribution in [2.75, 3.05) is 14.2 Å². The van der Waals surface area contributed by atoms with Crippen LogP contribution >= 0.6 is 38.6 Å². The van der Waals surface area contributed by atoms with Gasteiger partial charge in [0.2, 0.25) is 0 Å². The molecule has 0 saturated carbocycles. The molecule has 0 saturated heterocycles. The third-order valence-corrected chi connectivity index (χ3v) is 10.0. The van der Waals surface area contributed by atoms with E-state index in [1.165, 1.54) is 11.3 Å². The highest BCUT2D eigenvalue weighted by Gasteiger charge is 2.22. The van der Waals surface area contributed by atoms with Gasteiger partial charge in [0.25, 0.3) is 16.8 Å². The van der Waals surface area contributed by atoms with E-state index in [-0.39, 0.29) is 24.7 Å². The maximum absolute atomic E-state index is 14.2. The number of ether oxygens (including phenoxy) is 4. The molecule has 2 amide bonds. The molecule has 11 nitrogen and oxygen atoms in total. The number of benzene rings is 4. The summed E-state index contributed by atoms with van der Waals surface area (Å²) in [5.74, 6) is -6.05. The number of hydrogen-bond donors (Lipinski definition) is 2. The summed E-state index contributed by atoms with van der Waals surface area (Å²) >= 11 is 5.87. The Balaban J connectivity index is 0.000000211. The van der Waals surface area contributed by atoms with Crippen LogP contribution in [0, 0.1) is 29.8 Å². The van der Waals surface area contributed by atoms with Crippen LogP contribution in [0.1, 0.15) is 30.7 Å². The van der Waals surface area contributed by atoms with E-state index < -0.39 is 46.2 Å². The number of methoxy groups -OCH3 is 2. The molecule has 0 fully saturated rings. The second kappa shape index (κ2) is 17.9. The van der Waals surface area contributed by atoms with Gasteiger partial charge in [0.1, 0.15) is 57.5 Å². The first-order chi connectivity index (χ1) is 26.3. The van der Waals surface area contributed by atoms with Crippen LogP contribution in [0.2, 0.25) is 0 Å². The van der Waals surface area contributed by atoms with Gasteiger partial charge < -0.3 is 30.4 Å². The number of nitrogens with two attached hydrogens (primary N) is 2. The quantitative estimate of drug-likeness (QED) is 0.0915. The van der Waals surface area contributed by atoms with E-state index >= 15 is 0 Å². The van der Waals surface area contributed by atoms with Crippen LogP contribution < -0.4 is 30.4 Å². The Morgan fingerprint density at radius 2 is 1.11 bits per heavy atom. The molecule has 0 spiro atoms. The molecule has 6 rings (SSSR count). The van der Waals surface area contributed by atoms with Crippen molar-refractivity contribution >= 4 is 55.4 Å². The van der Waals surface area contributed by atoms with Gasteiger partial charge in [-0.2, -0.15) is 0 Å². The molecule has 0 bridgehead atoms. The van der Waals surface area contributed by atoms with Crippen molar-refractivity contribution in [2.45, 2.75) is 13.2 Å². The molecule has 0 aliphatic rings. The summed E-state index contributed by atoms with van der Waals surface area (Å²) in [5, 5.41) is 1.33. The number of primary amides is 2. The van der Waals surface area contributed by atoms with Gasteiger partial charge in [-0.3, -0.25) is 14.6 Å². The Bertz CT molecular complexity index is 2400. The van der Waals surface area contributed by atoms with Crippen molar-refractivity contribution in [3.8, 4) is 45.5 Å². The lowest BCUT2D eigenvalue weighted by molar-refractivity contribution is 0.0982. The van der Waals surface area contributed by atoms with Gasteiger partial charge >= 0.3 is 0 Å². The lowest BCUT2D eigenvalue weighted by atomic mass is 10.1. The summed E-state index contributed by atoms with van der Waals surface area (Å²) in [6.45, 7) is 7.11. The number of carbonyl (C=O) groups is 2. The molecule has 2 aromatic heterocycles. The molecule has 0 atom stereocenters. The monoisotopic (exact) mass is 855 g/mol. The van der Waals surface area contributed by atoms with Crippen LogP contribution in [0.4, 0.5) is 22.6 Å². The number of aromatic nitrogens is 2. The van der Waals surface area contributed by atoms with Crippen molar-refractivity contribution in [1.82, 2.24) is 9.97 Å². The second-order valence-electron chi connectivity index (χ2n) is 10.8. The number of halogens is 5. The van der Waals surface area contributed by atoms with Crippen molar-refractivity contribution in [1.29, 1.82) is 0 Å². The van der Waals surface area contributed by atoms with Crippen molar-refractivity contribution in [3.63, 3.8) is 0 Å². The van der Waals surface area contributed by atoms with Crippen LogP contribution in [0.25, 0.3) is 27.4 Å². The third kappa shape index (κ3) is 9.38. The van der Waals surface area contributed by atoms with Crippen LogP contribution in [-0.4, -0.2) is 36.0 Å². The number of carbonyl (C=O) groups excluding carboxylic acids is 2. The van der Waals surface area contributed by atoms with E-state index in [2.05, 4.69) is 30.7 Å². The van der Waals surface area contributed by atoms with Crippen molar-refractivity contribution in [2.24, 2.45) is 11.5 Å². The zero-order valence-corrected chi connectivity index (χ0v) is 31.7. The van der Waals surface area contributed by atoms with Crippen LogP contribution in [0.15, 0.2) is 76.6 Å². The molecule has 55 heavy (non-hydrogen) atoms. The lowest BCUT2D eigenvalue weighted by Crippen LogP contribution is -2.16. The Morgan fingerprint density at radius 1 is 0.691 bits per heavy atom. The number of thiazole rings is 2. The van der Waals surface area contributed by atoms with Crippen LogP contribution in [-0.2, 0) is 13.2 Å². The average Bonchev–Trinajstić information content (AvgIpc) is 3.77. The third-order valence-electron chi connectivity index (χ3n) is 7.42. The van der Waals surface area contributed by atoms with E-state index in [0.29, 0.717) is 32.2 Å². The maximum atomic E-state index is 14.2. The fourth-order valence-electron chi connectivity index (χ4n) is 4.78. The first-order valence-electron chi connectivity index (χ1n) is 15.5. The number of hydrogen-bond acceptors (Lipinski definition) is 10. The SMILES string of the molecule is COc1ccc(-c2nc(COc3ccc(F)c(C(N)=O)c3F)sc2Br)cc1.[C-]#[N+]c1sc(COc2ccc(F)c(C(N)=O)c2F)nc1-c1ccc(OC)cc1. The lowest BCUT2D eigenvalue weighted by Gasteiger charge is -2.08. The molecule has 6 aromatic rings. The minimum Gasteiger partial charge on any atom is -0.497 e. The van der Waals surface area contributed by atoms with E-state index in [9.17, 15) is 27.2 Å². The molecular weight excluding hydrogens is 830 g/mol. The Kier molecular flexibility index (Phi) is 13.0. The first kappa shape index (κ1) is 40.2. The molecule has 2 heterocycles. The standard InChI is InChI=1S/C19H13F2N3O3S.C18H13BrF2N2O3S/c1-23-19-17(10-3-5-11(26-2)6-4-10)24-14(28-19)9-27-13-8-7-12(20)15(16(13)21)18(22)25;1-25-10-4-2-9(3-5-10)16-17(19)27-13(23-16)8-26-12-7-6-11(20)14(15(12)21)18(22)24/h3-8H,9H2,2H3,(H2,22,25);2-7H,8H2,1H3,(H2,22,24). The summed E-state index contributed by atoms with van der Waals surface area (Å²) in [6.07, 6.45) is 0. The predicted octanol–water partition coefficient (Wildman–Crippen LogP) is 8.86. The smallest absolute Gasteiger partial charge is 0.268 e. The summed E-state index contributed by atoms with van der Waals surface area (Å²) < 4.78 is 77.2. The van der Waals surface area contributed by atoms with Crippen LogP contribution in [0.3, 0.4) is 0 Å².